The van der Waals surface area contributed by atoms with E-state index in [0.29, 0.717) is 22.9 Å². The van der Waals surface area contributed by atoms with Crippen molar-refractivity contribution in [3.8, 4) is 0 Å². The third kappa shape index (κ3) is 7.33. The molecule has 0 aromatic heterocycles. The van der Waals surface area contributed by atoms with Crippen LogP contribution in [0.2, 0.25) is 0 Å². The van der Waals surface area contributed by atoms with Crippen LogP contribution in [0.4, 0.5) is 0 Å². The average molecular weight is 290 g/mol. The monoisotopic (exact) mass is 290 g/mol. The summed E-state index contributed by atoms with van der Waals surface area (Å²) in [6.07, 6.45) is 0.730. The SMILES string of the molecule is CC(=N)SC(CCC(SC(C)=N)C(N)=O)C(N)=O. The molecular weight excluding hydrogens is 272 g/mol. The van der Waals surface area contributed by atoms with E-state index in [1.54, 1.807) is 13.8 Å². The van der Waals surface area contributed by atoms with Crippen LogP contribution in [0, 0.1) is 10.8 Å². The molecule has 0 aliphatic carbocycles. The van der Waals surface area contributed by atoms with Crippen molar-refractivity contribution in [2.24, 2.45) is 11.5 Å². The van der Waals surface area contributed by atoms with Gasteiger partial charge >= 0.3 is 0 Å². The standard InChI is InChI=1S/C10H18N4O2S2/c1-5(11)17-7(9(13)15)3-4-8(10(14)16)18-6(2)12/h7-8,11-12H,3-4H2,1-2H3,(H2,13,15)(H2,14,16). The number of amides is 2. The van der Waals surface area contributed by atoms with E-state index in [1.165, 1.54) is 0 Å². The second kappa shape index (κ2) is 8.15. The first-order valence-electron chi connectivity index (χ1n) is 5.26. The Morgan fingerprint density at radius 2 is 1.22 bits per heavy atom. The number of thioether (sulfide) groups is 2. The first-order valence-corrected chi connectivity index (χ1v) is 7.02. The fraction of sp³-hybridized carbons (Fsp3) is 0.600. The van der Waals surface area contributed by atoms with Gasteiger partial charge in [0.2, 0.25) is 11.8 Å². The zero-order valence-corrected chi connectivity index (χ0v) is 12.0. The van der Waals surface area contributed by atoms with Crippen molar-refractivity contribution < 1.29 is 9.59 Å². The molecule has 2 amide bonds. The second-order valence-corrected chi connectivity index (χ2v) is 6.54. The van der Waals surface area contributed by atoms with Crippen molar-refractivity contribution in [3.63, 3.8) is 0 Å². The van der Waals surface area contributed by atoms with Gasteiger partial charge in [-0.25, -0.2) is 0 Å². The Balaban J connectivity index is 4.45. The summed E-state index contributed by atoms with van der Waals surface area (Å²) in [5.41, 5.74) is 10.5. The van der Waals surface area contributed by atoms with Gasteiger partial charge in [-0.05, 0) is 26.7 Å². The third-order valence-corrected chi connectivity index (χ3v) is 4.18. The summed E-state index contributed by atoms with van der Waals surface area (Å²) in [6.45, 7) is 3.14. The van der Waals surface area contributed by atoms with Gasteiger partial charge in [0, 0.05) is 0 Å². The Morgan fingerprint density at radius 1 is 0.944 bits per heavy atom. The summed E-state index contributed by atoms with van der Waals surface area (Å²) in [7, 11) is 0. The van der Waals surface area contributed by atoms with E-state index in [2.05, 4.69) is 0 Å². The minimum absolute atomic E-state index is 0.297. The summed E-state index contributed by atoms with van der Waals surface area (Å²) < 4.78 is 0. The lowest BCUT2D eigenvalue weighted by atomic mass is 10.1. The topological polar surface area (TPSA) is 134 Å². The summed E-state index contributed by atoms with van der Waals surface area (Å²) >= 11 is 2.15. The van der Waals surface area contributed by atoms with Gasteiger partial charge in [0.1, 0.15) is 0 Å². The highest BCUT2D eigenvalue weighted by Gasteiger charge is 2.22. The van der Waals surface area contributed by atoms with E-state index in [-0.39, 0.29) is 0 Å². The maximum atomic E-state index is 11.2. The Labute approximate surface area is 115 Å². The highest BCUT2D eigenvalue weighted by atomic mass is 32.2. The predicted octanol–water partition coefficient (Wildman–Crippen LogP) is 0.935. The molecular formula is C10H18N4O2S2. The number of nitrogens with one attached hydrogen (secondary N) is 2. The van der Waals surface area contributed by atoms with Gasteiger partial charge in [-0.2, -0.15) is 0 Å². The summed E-state index contributed by atoms with van der Waals surface area (Å²) in [5, 5.41) is 14.2. The van der Waals surface area contributed by atoms with Gasteiger partial charge in [0.05, 0.1) is 20.6 Å². The van der Waals surface area contributed by atoms with Crippen LogP contribution in [0.25, 0.3) is 0 Å². The smallest absolute Gasteiger partial charge is 0.230 e. The van der Waals surface area contributed by atoms with E-state index in [1.807, 2.05) is 0 Å². The van der Waals surface area contributed by atoms with Gasteiger partial charge in [-0.3, -0.25) is 20.4 Å². The molecule has 6 nitrogen and oxygen atoms in total. The fourth-order valence-electron chi connectivity index (χ4n) is 1.25. The van der Waals surface area contributed by atoms with Gasteiger partial charge in [-0.15, -0.1) is 0 Å². The van der Waals surface area contributed by atoms with E-state index in [0.717, 1.165) is 23.5 Å². The van der Waals surface area contributed by atoms with Crippen molar-refractivity contribution in [1.29, 1.82) is 10.8 Å². The van der Waals surface area contributed by atoms with Gasteiger partial charge in [0.15, 0.2) is 0 Å². The quantitative estimate of drug-likeness (QED) is 0.410. The first kappa shape index (κ1) is 17.0. The molecule has 0 aliphatic rings. The van der Waals surface area contributed by atoms with Gasteiger partial charge < -0.3 is 11.5 Å². The fourth-order valence-corrected chi connectivity index (χ4v) is 2.84. The highest BCUT2D eigenvalue weighted by Crippen LogP contribution is 2.23. The molecule has 0 fully saturated rings. The van der Waals surface area contributed by atoms with Crippen LogP contribution in [-0.4, -0.2) is 32.4 Å². The number of carbonyl (C=O) groups excluding carboxylic acids is 2. The minimum atomic E-state index is -0.531. The molecule has 6 N–H and O–H groups in total. The minimum Gasteiger partial charge on any atom is -0.369 e. The molecule has 0 spiro atoms. The molecule has 2 unspecified atom stereocenters. The van der Waals surface area contributed by atoms with Crippen molar-refractivity contribution in [3.05, 3.63) is 0 Å². The molecule has 0 radical (unpaired) electrons. The van der Waals surface area contributed by atoms with Crippen LogP contribution in [0.1, 0.15) is 26.7 Å². The Morgan fingerprint density at radius 3 is 1.39 bits per heavy atom. The summed E-state index contributed by atoms with van der Waals surface area (Å²) in [6, 6.07) is 0. The average Bonchev–Trinajstić information content (AvgIpc) is 2.20. The molecule has 0 aliphatic heterocycles. The molecule has 0 saturated carbocycles. The van der Waals surface area contributed by atoms with Crippen molar-refractivity contribution >= 4 is 45.4 Å². The summed E-state index contributed by atoms with van der Waals surface area (Å²) in [4.78, 5) is 22.4. The Hall–Kier alpha value is -1.02. The molecule has 2 atom stereocenters. The predicted molar refractivity (Wildman–Crippen MR) is 77.2 cm³/mol. The maximum absolute atomic E-state index is 11.2. The zero-order valence-electron chi connectivity index (χ0n) is 10.4. The van der Waals surface area contributed by atoms with E-state index < -0.39 is 22.3 Å². The molecule has 0 rings (SSSR count). The van der Waals surface area contributed by atoms with Crippen LogP contribution in [0.15, 0.2) is 0 Å². The molecule has 0 heterocycles. The van der Waals surface area contributed by atoms with Crippen molar-refractivity contribution in [1.82, 2.24) is 0 Å². The third-order valence-electron chi connectivity index (χ3n) is 1.96. The molecule has 0 bridgehead atoms. The van der Waals surface area contributed by atoms with Crippen LogP contribution in [-0.2, 0) is 9.59 Å². The number of hydrogen-bond acceptors (Lipinski definition) is 6. The normalized spacial score (nSPS) is 13.7. The van der Waals surface area contributed by atoms with E-state index in [9.17, 15) is 9.59 Å². The number of carbonyl (C=O) groups is 2. The highest BCUT2D eigenvalue weighted by molar-refractivity contribution is 8.15. The maximum Gasteiger partial charge on any atom is 0.230 e. The van der Waals surface area contributed by atoms with E-state index in [4.69, 9.17) is 22.3 Å². The van der Waals surface area contributed by atoms with E-state index >= 15 is 0 Å². The number of nitrogens with two attached hydrogens (primary N) is 2. The lowest BCUT2D eigenvalue weighted by molar-refractivity contribution is -0.119. The second-order valence-electron chi connectivity index (χ2n) is 3.71. The summed E-state index contributed by atoms with van der Waals surface area (Å²) in [5.74, 6) is -1.02. The number of hydrogen-bond donors (Lipinski definition) is 4. The van der Waals surface area contributed by atoms with Crippen molar-refractivity contribution in [2.45, 2.75) is 37.2 Å². The van der Waals surface area contributed by atoms with Gasteiger partial charge in [0.25, 0.3) is 0 Å². The first-order chi connectivity index (χ1) is 8.23. The Kier molecular flexibility index (Phi) is 7.69. The molecule has 102 valence electrons. The van der Waals surface area contributed by atoms with Crippen LogP contribution in [0.5, 0.6) is 0 Å². The molecule has 18 heavy (non-hydrogen) atoms. The molecule has 0 aromatic rings. The lowest BCUT2D eigenvalue weighted by Crippen LogP contribution is -2.31. The van der Waals surface area contributed by atoms with Crippen molar-refractivity contribution in [2.75, 3.05) is 0 Å². The molecule has 8 heteroatoms. The number of primary amides is 2. The largest absolute Gasteiger partial charge is 0.369 e. The molecule has 0 aromatic carbocycles. The number of rotatable bonds is 7. The lowest BCUT2D eigenvalue weighted by Gasteiger charge is -2.16. The molecule has 0 saturated heterocycles. The van der Waals surface area contributed by atoms with Gasteiger partial charge in [-0.1, -0.05) is 23.5 Å². The Bertz CT molecular complexity index is 326. The van der Waals surface area contributed by atoms with Crippen LogP contribution < -0.4 is 11.5 Å². The zero-order chi connectivity index (χ0) is 14.3. The van der Waals surface area contributed by atoms with Crippen LogP contribution in [0.3, 0.4) is 0 Å². The van der Waals surface area contributed by atoms with Crippen LogP contribution >= 0.6 is 23.5 Å².